The van der Waals surface area contributed by atoms with E-state index in [4.69, 9.17) is 5.73 Å². The van der Waals surface area contributed by atoms with Crippen LogP contribution in [0.5, 0.6) is 0 Å². The topological polar surface area (TPSA) is 109 Å². The van der Waals surface area contributed by atoms with Crippen molar-refractivity contribution in [3.8, 4) is 0 Å². The van der Waals surface area contributed by atoms with Crippen molar-refractivity contribution in [2.45, 2.75) is 18.4 Å². The summed E-state index contributed by atoms with van der Waals surface area (Å²) >= 11 is 0. The van der Waals surface area contributed by atoms with Crippen molar-refractivity contribution < 1.29 is 12.6 Å². The van der Waals surface area contributed by atoms with Crippen LogP contribution in [0.2, 0.25) is 0 Å². The predicted molar refractivity (Wildman–Crippen MR) is 67.9 cm³/mol. The number of H-pyrrole nitrogens is 1. The number of hydrogen-bond donors (Lipinski definition) is 2. The van der Waals surface area contributed by atoms with Crippen LogP contribution in [0.4, 0.5) is 0 Å². The highest BCUT2D eigenvalue weighted by atomic mass is 32.2. The van der Waals surface area contributed by atoms with Gasteiger partial charge < -0.3 is 5.73 Å². The molecule has 0 unspecified atom stereocenters. The molecule has 1 aliphatic rings. The van der Waals surface area contributed by atoms with Gasteiger partial charge in [-0.05, 0) is 6.92 Å². The van der Waals surface area contributed by atoms with E-state index in [2.05, 4.69) is 10.2 Å². The lowest BCUT2D eigenvalue weighted by Gasteiger charge is -2.25. The van der Waals surface area contributed by atoms with E-state index in [1.54, 1.807) is 6.92 Å². The van der Waals surface area contributed by atoms with Crippen molar-refractivity contribution in [2.75, 3.05) is 24.6 Å². The van der Waals surface area contributed by atoms with E-state index in [-0.39, 0.29) is 24.5 Å². The lowest BCUT2D eigenvalue weighted by molar-refractivity contribution is 0.438. The summed E-state index contributed by atoms with van der Waals surface area (Å²) < 4.78 is 37.5. The van der Waals surface area contributed by atoms with Gasteiger partial charge in [0.15, 0.2) is 0 Å². The van der Waals surface area contributed by atoms with Crippen LogP contribution in [-0.2, 0) is 27.4 Å². The molecule has 1 aromatic heterocycles. The second-order valence-corrected chi connectivity index (χ2v) is 7.65. The first-order chi connectivity index (χ1) is 8.46. The monoisotopic (exact) mass is 292 g/mol. The Morgan fingerprint density at radius 2 is 2.06 bits per heavy atom. The van der Waals surface area contributed by atoms with Crippen molar-refractivity contribution in [2.24, 2.45) is 5.73 Å². The summed E-state index contributed by atoms with van der Waals surface area (Å²) in [6.07, 6.45) is 0. The fourth-order valence-electron chi connectivity index (χ4n) is 1.94. The van der Waals surface area contributed by atoms with Gasteiger partial charge in [0.25, 0.3) is 0 Å². The molecule has 0 bridgehead atoms. The van der Waals surface area contributed by atoms with Gasteiger partial charge in [-0.3, -0.25) is 9.31 Å². The van der Waals surface area contributed by atoms with E-state index in [1.807, 2.05) is 0 Å². The minimum absolute atomic E-state index is 0.0681. The molecule has 1 aliphatic heterocycles. The fourth-order valence-corrected chi connectivity index (χ4v) is 5.00. The standard InChI is InChI=1S/C9H16N4O3S2/c1-7-9(8(6-10)12-11-7)18(15,16)13-2-4-17(14)5-3-13/h2-6,10H2,1H3,(H,11,12). The number of nitrogens with zero attached hydrogens (tertiary/aromatic N) is 2. The largest absolute Gasteiger partial charge is 0.325 e. The van der Waals surface area contributed by atoms with Crippen LogP contribution < -0.4 is 5.73 Å². The fraction of sp³-hybridized carbons (Fsp3) is 0.667. The molecule has 1 aromatic rings. The third-order valence-electron chi connectivity index (χ3n) is 2.89. The molecule has 1 fully saturated rings. The minimum Gasteiger partial charge on any atom is -0.325 e. The highest BCUT2D eigenvalue weighted by molar-refractivity contribution is 7.89. The zero-order valence-electron chi connectivity index (χ0n) is 10.0. The first-order valence-corrected chi connectivity index (χ1v) is 8.48. The SMILES string of the molecule is Cc1[nH]nc(CN)c1S(=O)(=O)N1CCS(=O)CC1. The Balaban J connectivity index is 2.36. The highest BCUT2D eigenvalue weighted by Gasteiger charge is 2.32. The van der Waals surface area contributed by atoms with Crippen molar-refractivity contribution in [3.63, 3.8) is 0 Å². The summed E-state index contributed by atoms with van der Waals surface area (Å²) in [5, 5.41) is 6.54. The third kappa shape index (κ3) is 2.35. The zero-order valence-corrected chi connectivity index (χ0v) is 11.7. The van der Waals surface area contributed by atoms with Crippen LogP contribution in [0.25, 0.3) is 0 Å². The average Bonchev–Trinajstić information content (AvgIpc) is 2.71. The average molecular weight is 292 g/mol. The molecule has 0 spiro atoms. The van der Waals surface area contributed by atoms with Crippen molar-refractivity contribution >= 4 is 20.8 Å². The molecule has 18 heavy (non-hydrogen) atoms. The summed E-state index contributed by atoms with van der Waals surface area (Å²) in [4.78, 5) is 0.165. The van der Waals surface area contributed by atoms with Gasteiger partial charge >= 0.3 is 0 Å². The first-order valence-electron chi connectivity index (χ1n) is 5.56. The number of hydrogen-bond acceptors (Lipinski definition) is 5. The van der Waals surface area contributed by atoms with Crippen molar-refractivity contribution in [3.05, 3.63) is 11.4 Å². The van der Waals surface area contributed by atoms with Gasteiger partial charge in [0.1, 0.15) is 4.90 Å². The maximum Gasteiger partial charge on any atom is 0.246 e. The molecule has 9 heteroatoms. The Morgan fingerprint density at radius 1 is 1.44 bits per heavy atom. The second kappa shape index (κ2) is 5.08. The second-order valence-electron chi connectivity index (χ2n) is 4.08. The lowest BCUT2D eigenvalue weighted by Crippen LogP contribution is -2.42. The minimum atomic E-state index is -3.59. The molecule has 0 amide bonds. The van der Waals surface area contributed by atoms with Gasteiger partial charge in [0, 0.05) is 41.9 Å². The summed E-state index contributed by atoms with van der Waals surface area (Å²) in [5.41, 5.74) is 6.33. The van der Waals surface area contributed by atoms with Crippen molar-refractivity contribution in [1.29, 1.82) is 0 Å². The van der Waals surface area contributed by atoms with Crippen LogP contribution in [0.3, 0.4) is 0 Å². The molecule has 3 N–H and O–H groups in total. The van der Waals surface area contributed by atoms with E-state index in [9.17, 15) is 12.6 Å². The predicted octanol–water partition coefficient (Wildman–Crippen LogP) is -1.07. The van der Waals surface area contributed by atoms with Gasteiger partial charge in [-0.25, -0.2) is 8.42 Å². The maximum absolute atomic E-state index is 12.5. The number of aromatic nitrogens is 2. The number of nitrogens with one attached hydrogen (secondary N) is 1. The molecule has 102 valence electrons. The van der Waals surface area contributed by atoms with Crippen LogP contribution in [0.1, 0.15) is 11.4 Å². The van der Waals surface area contributed by atoms with Gasteiger partial charge in [-0.15, -0.1) is 0 Å². The quantitative estimate of drug-likeness (QED) is 0.737. The Kier molecular flexibility index (Phi) is 3.85. The van der Waals surface area contributed by atoms with Gasteiger partial charge in [0.2, 0.25) is 10.0 Å². The van der Waals surface area contributed by atoms with Gasteiger partial charge in [0.05, 0.1) is 11.4 Å². The molecular formula is C9H16N4O3S2. The molecule has 1 saturated heterocycles. The molecule has 7 nitrogen and oxygen atoms in total. The smallest absolute Gasteiger partial charge is 0.246 e. The normalized spacial score (nSPS) is 19.2. The summed E-state index contributed by atoms with van der Waals surface area (Å²) in [7, 11) is -4.50. The zero-order chi connectivity index (χ0) is 13.3. The molecule has 0 saturated carbocycles. The van der Waals surface area contributed by atoms with E-state index in [0.717, 1.165) is 0 Å². The Morgan fingerprint density at radius 3 is 2.61 bits per heavy atom. The molecule has 0 aromatic carbocycles. The molecule has 2 heterocycles. The third-order valence-corrected chi connectivity index (χ3v) is 6.27. The lowest BCUT2D eigenvalue weighted by atomic mass is 10.4. The van der Waals surface area contributed by atoms with Crippen LogP contribution in [0, 0.1) is 6.92 Å². The van der Waals surface area contributed by atoms with Crippen LogP contribution >= 0.6 is 0 Å². The molecule has 0 radical (unpaired) electrons. The molecular weight excluding hydrogens is 276 g/mol. The van der Waals surface area contributed by atoms with E-state index in [0.29, 0.717) is 22.9 Å². The van der Waals surface area contributed by atoms with E-state index >= 15 is 0 Å². The number of rotatable bonds is 3. The highest BCUT2D eigenvalue weighted by Crippen LogP contribution is 2.22. The number of sulfonamides is 1. The van der Waals surface area contributed by atoms with Gasteiger partial charge in [-0.1, -0.05) is 0 Å². The Bertz CT molecular complexity index is 556. The summed E-state index contributed by atoms with van der Waals surface area (Å²) in [6, 6.07) is 0. The first kappa shape index (κ1) is 13.7. The number of aromatic amines is 1. The van der Waals surface area contributed by atoms with E-state index < -0.39 is 20.8 Å². The summed E-state index contributed by atoms with van der Waals surface area (Å²) in [5.74, 6) is 0.766. The maximum atomic E-state index is 12.5. The molecule has 0 atom stereocenters. The van der Waals surface area contributed by atoms with E-state index in [1.165, 1.54) is 4.31 Å². The molecule has 2 rings (SSSR count). The van der Waals surface area contributed by atoms with Crippen LogP contribution in [-0.4, -0.2) is 51.7 Å². The number of aryl methyl sites for hydroxylation is 1. The van der Waals surface area contributed by atoms with Gasteiger partial charge in [-0.2, -0.15) is 9.40 Å². The number of nitrogens with two attached hydrogens (primary N) is 1. The molecule has 0 aliphatic carbocycles. The van der Waals surface area contributed by atoms with Crippen molar-refractivity contribution in [1.82, 2.24) is 14.5 Å². The van der Waals surface area contributed by atoms with Crippen LogP contribution in [0.15, 0.2) is 4.90 Å². The Hall–Kier alpha value is -0.770. The summed E-state index contributed by atoms with van der Waals surface area (Å²) in [6.45, 7) is 2.28. The Labute approximate surface area is 108 Å².